The van der Waals surface area contributed by atoms with E-state index in [1.54, 1.807) is 0 Å². The number of nitrogens with one attached hydrogen (secondary N) is 1. The Morgan fingerprint density at radius 1 is 1.03 bits per heavy atom. The first-order valence-corrected chi connectivity index (χ1v) is 10.1. The number of thiophene rings is 1. The second-order valence-corrected chi connectivity index (χ2v) is 7.65. The maximum absolute atomic E-state index is 12.5. The first-order valence-electron chi connectivity index (χ1n) is 9.32. The molecule has 0 saturated heterocycles. The molecule has 2 aromatic carbocycles. The van der Waals surface area contributed by atoms with E-state index in [1.807, 2.05) is 61.5 Å². The highest BCUT2D eigenvalue weighted by atomic mass is 32.1. The number of esters is 1. The Balaban J connectivity index is 1.79. The van der Waals surface area contributed by atoms with Crippen LogP contribution < -0.4 is 10.1 Å². The van der Waals surface area contributed by atoms with Gasteiger partial charge in [-0.3, -0.25) is 4.79 Å². The molecule has 1 aromatic heterocycles. The Bertz CT molecular complexity index is 994. The molecule has 0 fully saturated rings. The molecule has 3 rings (SSSR count). The molecule has 0 bridgehead atoms. The van der Waals surface area contributed by atoms with Crippen molar-refractivity contribution in [1.82, 2.24) is 0 Å². The van der Waals surface area contributed by atoms with E-state index in [0.29, 0.717) is 16.3 Å². The molecule has 150 valence electrons. The average Bonchev–Trinajstić information content (AvgIpc) is 3.08. The van der Waals surface area contributed by atoms with Crippen LogP contribution in [0.2, 0.25) is 0 Å². The summed E-state index contributed by atoms with van der Waals surface area (Å²) in [4.78, 5) is 25.8. The van der Waals surface area contributed by atoms with Gasteiger partial charge in [-0.05, 0) is 36.6 Å². The number of rotatable bonds is 7. The molecule has 0 saturated carbocycles. The van der Waals surface area contributed by atoms with Crippen LogP contribution in [0.3, 0.4) is 0 Å². The number of aryl methyl sites for hydroxylation is 2. The van der Waals surface area contributed by atoms with Crippen molar-refractivity contribution in [3.63, 3.8) is 0 Å². The topological polar surface area (TPSA) is 64.6 Å². The molecular weight excluding hydrogens is 386 g/mol. The van der Waals surface area contributed by atoms with Crippen LogP contribution in [-0.4, -0.2) is 25.6 Å². The fourth-order valence-corrected chi connectivity index (χ4v) is 4.10. The number of carbonyl (C=O) groups excluding carboxylic acids is 2. The molecule has 5 nitrogen and oxygen atoms in total. The van der Waals surface area contributed by atoms with Crippen LogP contribution >= 0.6 is 11.3 Å². The van der Waals surface area contributed by atoms with E-state index in [4.69, 9.17) is 9.47 Å². The third-order valence-corrected chi connectivity index (χ3v) is 5.51. The Morgan fingerprint density at radius 2 is 1.72 bits per heavy atom. The maximum atomic E-state index is 12.5. The number of hydrogen-bond acceptors (Lipinski definition) is 5. The lowest BCUT2D eigenvalue weighted by Gasteiger charge is -2.09. The van der Waals surface area contributed by atoms with Gasteiger partial charge in [0.1, 0.15) is 16.3 Å². The second-order valence-electron chi connectivity index (χ2n) is 6.43. The Kier molecular flexibility index (Phi) is 6.67. The SMILES string of the molecule is CCc1ccc(OCC(=O)Nc2sc(C)c(-c3ccccc3)c2C(=O)OC)cc1. The quantitative estimate of drug-likeness (QED) is 0.552. The number of hydrogen-bond donors (Lipinski definition) is 1. The van der Waals surface area contributed by atoms with Gasteiger partial charge >= 0.3 is 5.97 Å². The fourth-order valence-electron chi connectivity index (χ4n) is 3.01. The van der Waals surface area contributed by atoms with Crippen molar-refractivity contribution in [2.75, 3.05) is 19.0 Å². The predicted octanol–water partition coefficient (Wildman–Crippen LogP) is 5.09. The van der Waals surface area contributed by atoms with Gasteiger partial charge in [0, 0.05) is 10.4 Å². The highest BCUT2D eigenvalue weighted by Gasteiger charge is 2.25. The number of carbonyl (C=O) groups is 2. The second kappa shape index (κ2) is 9.39. The lowest BCUT2D eigenvalue weighted by Crippen LogP contribution is -2.21. The molecule has 0 aliphatic carbocycles. The predicted molar refractivity (Wildman–Crippen MR) is 116 cm³/mol. The van der Waals surface area contributed by atoms with Gasteiger partial charge in [-0.25, -0.2) is 4.79 Å². The van der Waals surface area contributed by atoms with Crippen molar-refractivity contribution in [3.8, 4) is 16.9 Å². The summed E-state index contributed by atoms with van der Waals surface area (Å²) in [6.07, 6.45) is 0.943. The molecule has 0 atom stereocenters. The highest BCUT2D eigenvalue weighted by molar-refractivity contribution is 7.17. The van der Waals surface area contributed by atoms with E-state index in [9.17, 15) is 9.59 Å². The monoisotopic (exact) mass is 409 g/mol. The summed E-state index contributed by atoms with van der Waals surface area (Å²) in [7, 11) is 1.33. The van der Waals surface area contributed by atoms with E-state index in [-0.39, 0.29) is 12.5 Å². The molecule has 0 spiro atoms. The number of amides is 1. The Morgan fingerprint density at radius 3 is 2.34 bits per heavy atom. The largest absolute Gasteiger partial charge is 0.484 e. The molecule has 1 N–H and O–H groups in total. The van der Waals surface area contributed by atoms with Crippen molar-refractivity contribution in [2.24, 2.45) is 0 Å². The summed E-state index contributed by atoms with van der Waals surface area (Å²) in [5.74, 6) is -0.201. The van der Waals surface area contributed by atoms with Gasteiger partial charge in [0.2, 0.25) is 0 Å². The first-order chi connectivity index (χ1) is 14.0. The van der Waals surface area contributed by atoms with Crippen LogP contribution in [0.4, 0.5) is 5.00 Å². The zero-order valence-corrected chi connectivity index (χ0v) is 17.5. The minimum atomic E-state index is -0.487. The van der Waals surface area contributed by atoms with Gasteiger partial charge in [0.15, 0.2) is 6.61 Å². The number of anilines is 1. The van der Waals surface area contributed by atoms with Gasteiger partial charge in [0.05, 0.1) is 7.11 Å². The molecule has 3 aromatic rings. The van der Waals surface area contributed by atoms with Gasteiger partial charge in [0.25, 0.3) is 5.91 Å². The lowest BCUT2D eigenvalue weighted by atomic mass is 10.0. The van der Waals surface area contributed by atoms with Crippen molar-refractivity contribution in [2.45, 2.75) is 20.3 Å². The lowest BCUT2D eigenvalue weighted by molar-refractivity contribution is -0.118. The summed E-state index contributed by atoms with van der Waals surface area (Å²) in [5, 5.41) is 3.26. The molecule has 1 heterocycles. The minimum absolute atomic E-state index is 0.149. The average molecular weight is 410 g/mol. The molecule has 0 radical (unpaired) electrons. The molecular formula is C23H23NO4S. The number of benzene rings is 2. The minimum Gasteiger partial charge on any atom is -0.484 e. The van der Waals surface area contributed by atoms with Crippen molar-refractivity contribution in [3.05, 3.63) is 70.6 Å². The van der Waals surface area contributed by atoms with Crippen LogP contribution in [0.25, 0.3) is 11.1 Å². The third kappa shape index (κ3) is 4.84. The standard InChI is InChI=1S/C23H23NO4S/c1-4-16-10-12-18(13-11-16)28-14-19(25)24-22-21(23(26)27-3)20(15(2)29-22)17-8-6-5-7-9-17/h5-13H,4,14H2,1-3H3,(H,24,25). The van der Waals surface area contributed by atoms with Crippen LogP contribution in [0.15, 0.2) is 54.6 Å². The normalized spacial score (nSPS) is 10.4. The molecule has 1 amide bonds. The highest BCUT2D eigenvalue weighted by Crippen LogP contribution is 2.40. The third-order valence-electron chi connectivity index (χ3n) is 4.49. The summed E-state index contributed by atoms with van der Waals surface area (Å²) in [5.41, 5.74) is 3.23. The van der Waals surface area contributed by atoms with Crippen molar-refractivity contribution < 1.29 is 19.1 Å². The van der Waals surface area contributed by atoms with E-state index in [2.05, 4.69) is 12.2 Å². The van der Waals surface area contributed by atoms with Gasteiger partial charge in [-0.15, -0.1) is 11.3 Å². The van der Waals surface area contributed by atoms with Crippen molar-refractivity contribution >= 4 is 28.2 Å². The fraction of sp³-hybridized carbons (Fsp3) is 0.217. The maximum Gasteiger partial charge on any atom is 0.341 e. The van der Waals surface area contributed by atoms with E-state index >= 15 is 0 Å². The molecule has 0 unspecified atom stereocenters. The summed E-state index contributed by atoms with van der Waals surface area (Å²) in [6.45, 7) is 3.85. The van der Waals surface area contributed by atoms with E-state index < -0.39 is 5.97 Å². The van der Waals surface area contributed by atoms with Crippen LogP contribution in [0, 0.1) is 6.92 Å². The summed E-state index contributed by atoms with van der Waals surface area (Å²) in [6, 6.07) is 17.2. The molecule has 0 aliphatic heterocycles. The summed E-state index contributed by atoms with van der Waals surface area (Å²) < 4.78 is 10.5. The Hall–Kier alpha value is -3.12. The zero-order chi connectivity index (χ0) is 20.8. The molecule has 29 heavy (non-hydrogen) atoms. The first kappa shape index (κ1) is 20.6. The van der Waals surface area contributed by atoms with Crippen LogP contribution in [0.5, 0.6) is 5.75 Å². The zero-order valence-electron chi connectivity index (χ0n) is 16.7. The number of ether oxygens (including phenoxy) is 2. The van der Waals surface area contributed by atoms with Gasteiger partial charge in [-0.1, -0.05) is 49.4 Å². The molecule has 0 aliphatic rings. The van der Waals surface area contributed by atoms with Crippen LogP contribution in [-0.2, 0) is 16.0 Å². The molecule has 6 heteroatoms. The van der Waals surface area contributed by atoms with Crippen molar-refractivity contribution in [1.29, 1.82) is 0 Å². The number of methoxy groups -OCH3 is 1. The van der Waals surface area contributed by atoms with Gasteiger partial charge in [-0.2, -0.15) is 0 Å². The smallest absolute Gasteiger partial charge is 0.341 e. The van der Waals surface area contributed by atoms with Crippen LogP contribution in [0.1, 0.15) is 27.7 Å². The van der Waals surface area contributed by atoms with E-state index in [1.165, 1.54) is 24.0 Å². The summed E-state index contributed by atoms with van der Waals surface area (Å²) >= 11 is 1.35. The van der Waals surface area contributed by atoms with E-state index in [0.717, 1.165) is 22.4 Å². The van der Waals surface area contributed by atoms with Gasteiger partial charge < -0.3 is 14.8 Å². The Labute approximate surface area is 174 Å².